The van der Waals surface area contributed by atoms with Crippen molar-refractivity contribution in [3.05, 3.63) is 39.8 Å². The number of nitriles is 1. The molecule has 1 amide bonds. The number of rotatable bonds is 5. The Morgan fingerprint density at radius 3 is 2.67 bits per heavy atom. The molecule has 0 saturated heterocycles. The number of benzene rings is 1. The number of halogens is 2. The number of methoxy groups -OCH3 is 1. The van der Waals surface area contributed by atoms with E-state index in [0.717, 1.165) is 29.7 Å². The van der Waals surface area contributed by atoms with Crippen LogP contribution in [-0.4, -0.2) is 19.6 Å². The van der Waals surface area contributed by atoms with Gasteiger partial charge in [-0.15, -0.1) is 11.3 Å². The van der Waals surface area contributed by atoms with E-state index in [1.54, 1.807) is 0 Å². The van der Waals surface area contributed by atoms with E-state index >= 15 is 0 Å². The van der Waals surface area contributed by atoms with Crippen molar-refractivity contribution in [2.24, 2.45) is 11.3 Å². The molecule has 3 rings (SSSR count). The summed E-state index contributed by atoms with van der Waals surface area (Å²) in [5.74, 6) is -0.0479. The first-order valence-electron chi connectivity index (χ1n) is 9.62. The second-order valence-corrected chi connectivity index (χ2v) is 9.43. The van der Waals surface area contributed by atoms with E-state index in [1.165, 1.54) is 36.6 Å². The molecule has 1 unspecified atom stereocenters. The van der Waals surface area contributed by atoms with Crippen molar-refractivity contribution in [3.63, 3.8) is 0 Å². The van der Waals surface area contributed by atoms with Crippen LogP contribution in [0.15, 0.2) is 18.2 Å². The fourth-order valence-corrected chi connectivity index (χ4v) is 4.98. The molecule has 0 aliphatic heterocycles. The first kappa shape index (κ1) is 22.0. The van der Waals surface area contributed by atoms with Crippen LogP contribution in [0.25, 0.3) is 0 Å². The molecule has 160 valence electrons. The van der Waals surface area contributed by atoms with Crippen molar-refractivity contribution in [1.82, 2.24) is 0 Å². The van der Waals surface area contributed by atoms with E-state index in [2.05, 4.69) is 36.9 Å². The maximum Gasteiger partial charge on any atom is 0.387 e. The van der Waals surface area contributed by atoms with E-state index in [4.69, 9.17) is 4.74 Å². The van der Waals surface area contributed by atoms with Gasteiger partial charge in [0.25, 0.3) is 5.91 Å². The lowest BCUT2D eigenvalue weighted by molar-refractivity contribution is -0.0512. The number of hydrogen-bond acceptors (Lipinski definition) is 5. The Bertz CT molecular complexity index is 989. The lowest BCUT2D eigenvalue weighted by atomic mass is 9.72. The van der Waals surface area contributed by atoms with Gasteiger partial charge in [0.05, 0.1) is 12.7 Å². The van der Waals surface area contributed by atoms with Crippen LogP contribution < -0.4 is 14.8 Å². The fraction of sp³-hybridized carbons (Fsp3) is 0.455. The third-order valence-electron chi connectivity index (χ3n) is 5.47. The van der Waals surface area contributed by atoms with Crippen LogP contribution >= 0.6 is 11.3 Å². The second kappa shape index (κ2) is 8.60. The van der Waals surface area contributed by atoms with Crippen LogP contribution in [0.1, 0.15) is 53.6 Å². The van der Waals surface area contributed by atoms with Gasteiger partial charge in [-0.05, 0) is 54.4 Å². The molecule has 1 aliphatic carbocycles. The van der Waals surface area contributed by atoms with E-state index in [0.29, 0.717) is 16.5 Å². The first-order valence-corrected chi connectivity index (χ1v) is 10.4. The SMILES string of the molecule is COc1cc(C(=O)Nc2sc3c(c2C#N)CCC(C(C)(C)C)C3)ccc1OC(F)F. The molecule has 1 heterocycles. The minimum atomic E-state index is -2.99. The Hall–Kier alpha value is -2.66. The van der Waals surface area contributed by atoms with Gasteiger partial charge in [-0.3, -0.25) is 4.79 Å². The van der Waals surface area contributed by atoms with Crippen LogP contribution in [0.4, 0.5) is 13.8 Å². The zero-order valence-corrected chi connectivity index (χ0v) is 18.2. The number of amides is 1. The molecular weight excluding hydrogens is 410 g/mol. The van der Waals surface area contributed by atoms with Crippen LogP contribution in [0.5, 0.6) is 11.5 Å². The summed E-state index contributed by atoms with van der Waals surface area (Å²) in [6.07, 6.45) is 2.72. The Labute approximate surface area is 178 Å². The fourth-order valence-electron chi connectivity index (χ4n) is 3.71. The van der Waals surface area contributed by atoms with E-state index < -0.39 is 12.5 Å². The minimum absolute atomic E-state index is 0.0296. The van der Waals surface area contributed by atoms with Gasteiger partial charge in [-0.2, -0.15) is 14.0 Å². The molecule has 5 nitrogen and oxygen atoms in total. The van der Waals surface area contributed by atoms with Crippen molar-refractivity contribution in [3.8, 4) is 17.6 Å². The summed E-state index contributed by atoms with van der Waals surface area (Å²) in [6.45, 7) is 3.67. The predicted molar refractivity (Wildman–Crippen MR) is 112 cm³/mol. The third-order valence-corrected chi connectivity index (χ3v) is 6.64. The maximum absolute atomic E-state index is 12.8. The van der Waals surface area contributed by atoms with Crippen molar-refractivity contribution >= 4 is 22.2 Å². The molecule has 0 saturated carbocycles. The van der Waals surface area contributed by atoms with Gasteiger partial charge in [0.2, 0.25) is 0 Å². The monoisotopic (exact) mass is 434 g/mol. The van der Waals surface area contributed by atoms with Crippen molar-refractivity contribution in [2.45, 2.75) is 46.6 Å². The molecule has 1 aromatic carbocycles. The third kappa shape index (κ3) is 4.57. The summed E-state index contributed by atoms with van der Waals surface area (Å²) in [7, 11) is 1.31. The van der Waals surface area contributed by atoms with Gasteiger partial charge < -0.3 is 14.8 Å². The average Bonchev–Trinajstić information content (AvgIpc) is 3.03. The van der Waals surface area contributed by atoms with Gasteiger partial charge in [-0.25, -0.2) is 0 Å². The first-order chi connectivity index (χ1) is 14.1. The molecule has 1 aliphatic rings. The van der Waals surface area contributed by atoms with Gasteiger partial charge in [0.15, 0.2) is 11.5 Å². The summed E-state index contributed by atoms with van der Waals surface area (Å²) in [5.41, 5.74) is 1.93. The van der Waals surface area contributed by atoms with Gasteiger partial charge in [0, 0.05) is 10.4 Å². The quantitative estimate of drug-likeness (QED) is 0.662. The Morgan fingerprint density at radius 1 is 1.33 bits per heavy atom. The smallest absolute Gasteiger partial charge is 0.387 e. The maximum atomic E-state index is 12.8. The number of ether oxygens (including phenoxy) is 2. The topological polar surface area (TPSA) is 71.3 Å². The van der Waals surface area contributed by atoms with Crippen molar-refractivity contribution in [2.75, 3.05) is 12.4 Å². The van der Waals surface area contributed by atoms with E-state index in [1.807, 2.05) is 0 Å². The van der Waals surface area contributed by atoms with Gasteiger partial charge in [0.1, 0.15) is 11.1 Å². The van der Waals surface area contributed by atoms with Gasteiger partial charge in [-0.1, -0.05) is 20.8 Å². The number of carbonyl (C=O) groups excluding carboxylic acids is 1. The van der Waals surface area contributed by atoms with Crippen LogP contribution in [-0.2, 0) is 12.8 Å². The standard InChI is InChI=1S/C22H24F2N2O3S/c1-22(2,3)13-6-7-14-15(11-25)20(30-18(14)10-13)26-19(27)12-5-8-16(29-21(23)24)17(9-12)28-4/h5,8-9,13,21H,6-7,10H2,1-4H3,(H,26,27). The highest BCUT2D eigenvalue weighted by atomic mass is 32.1. The molecule has 1 atom stereocenters. The lowest BCUT2D eigenvalue weighted by Crippen LogP contribution is -2.26. The zero-order chi connectivity index (χ0) is 22.1. The molecule has 0 spiro atoms. The van der Waals surface area contributed by atoms with Gasteiger partial charge >= 0.3 is 6.61 Å². The van der Waals surface area contributed by atoms with E-state index in [9.17, 15) is 18.8 Å². The van der Waals surface area contributed by atoms with Crippen LogP contribution in [0.2, 0.25) is 0 Å². The predicted octanol–water partition coefficient (Wildman–Crippen LogP) is 5.63. The van der Waals surface area contributed by atoms with Crippen molar-refractivity contribution in [1.29, 1.82) is 5.26 Å². The number of anilines is 1. The highest BCUT2D eigenvalue weighted by Gasteiger charge is 2.32. The molecule has 30 heavy (non-hydrogen) atoms. The minimum Gasteiger partial charge on any atom is -0.493 e. The number of carbonyl (C=O) groups is 1. The Morgan fingerprint density at radius 2 is 2.07 bits per heavy atom. The Kier molecular flexibility index (Phi) is 6.32. The average molecular weight is 435 g/mol. The number of alkyl halides is 2. The summed E-state index contributed by atoms with van der Waals surface area (Å²) in [4.78, 5) is 13.9. The molecule has 1 aromatic heterocycles. The number of thiophene rings is 1. The summed E-state index contributed by atoms with van der Waals surface area (Å²) in [5, 5.41) is 13.0. The second-order valence-electron chi connectivity index (χ2n) is 8.32. The van der Waals surface area contributed by atoms with E-state index in [-0.39, 0.29) is 22.5 Å². The highest BCUT2D eigenvalue weighted by Crippen LogP contribution is 2.44. The number of fused-ring (bicyclic) bond motifs is 1. The van der Waals surface area contributed by atoms with Crippen molar-refractivity contribution < 1.29 is 23.0 Å². The van der Waals surface area contributed by atoms with Crippen LogP contribution in [0.3, 0.4) is 0 Å². The molecule has 0 fully saturated rings. The lowest BCUT2D eigenvalue weighted by Gasteiger charge is -2.33. The summed E-state index contributed by atoms with van der Waals surface area (Å²) < 4.78 is 34.4. The number of nitrogens with one attached hydrogen (secondary N) is 1. The molecule has 2 aromatic rings. The molecule has 1 N–H and O–H groups in total. The summed E-state index contributed by atoms with van der Waals surface area (Å²) >= 11 is 1.44. The highest BCUT2D eigenvalue weighted by molar-refractivity contribution is 7.16. The molecule has 0 radical (unpaired) electrons. The van der Waals surface area contributed by atoms with Crippen LogP contribution in [0, 0.1) is 22.7 Å². The largest absolute Gasteiger partial charge is 0.493 e. The Balaban J connectivity index is 1.84. The summed E-state index contributed by atoms with van der Waals surface area (Å²) in [6, 6.07) is 6.21. The molecule has 8 heteroatoms. The number of hydrogen-bond donors (Lipinski definition) is 1. The zero-order valence-electron chi connectivity index (χ0n) is 17.3. The number of nitrogens with zero attached hydrogens (tertiary/aromatic N) is 1. The molecular formula is C22H24F2N2O3S. The molecule has 0 bridgehead atoms. The normalized spacial score (nSPS) is 16.0.